The Morgan fingerprint density at radius 2 is 1.68 bits per heavy atom. The molecule has 4 rings (SSSR count). The summed E-state index contributed by atoms with van der Waals surface area (Å²) in [6, 6.07) is 15.4. The van der Waals surface area contributed by atoms with Gasteiger partial charge in [-0.2, -0.15) is 4.98 Å². The Morgan fingerprint density at radius 1 is 1.00 bits per heavy atom. The van der Waals surface area contributed by atoms with Gasteiger partial charge in [-0.3, -0.25) is 4.79 Å². The maximum atomic E-state index is 12.7. The van der Waals surface area contributed by atoms with Crippen molar-refractivity contribution in [1.29, 1.82) is 0 Å². The van der Waals surface area contributed by atoms with E-state index in [9.17, 15) is 4.79 Å². The van der Waals surface area contributed by atoms with Gasteiger partial charge in [0.05, 0.1) is 7.11 Å². The second-order valence-electron chi connectivity index (χ2n) is 6.69. The second-order valence-corrected chi connectivity index (χ2v) is 6.69. The van der Waals surface area contributed by atoms with Gasteiger partial charge in [0.25, 0.3) is 5.91 Å². The van der Waals surface area contributed by atoms with Crippen molar-refractivity contribution in [2.24, 2.45) is 0 Å². The number of carbonyl (C=O) groups is 1. The van der Waals surface area contributed by atoms with Crippen LogP contribution in [0.3, 0.4) is 0 Å². The minimum atomic E-state index is 0.0603. The number of ether oxygens (including phenoxy) is 1. The van der Waals surface area contributed by atoms with Gasteiger partial charge >= 0.3 is 0 Å². The van der Waals surface area contributed by atoms with Crippen molar-refractivity contribution in [2.45, 2.75) is 6.92 Å². The zero-order valence-corrected chi connectivity index (χ0v) is 16.0. The molecule has 7 heteroatoms. The molecular weight excluding hydrogens is 356 g/mol. The maximum absolute atomic E-state index is 12.7. The van der Waals surface area contributed by atoms with E-state index in [0.29, 0.717) is 30.4 Å². The number of amides is 1. The monoisotopic (exact) mass is 378 g/mol. The van der Waals surface area contributed by atoms with E-state index in [1.165, 1.54) is 0 Å². The van der Waals surface area contributed by atoms with Gasteiger partial charge in [-0.1, -0.05) is 5.16 Å². The van der Waals surface area contributed by atoms with Gasteiger partial charge in [-0.05, 0) is 48.5 Å². The van der Waals surface area contributed by atoms with Crippen molar-refractivity contribution >= 4 is 11.6 Å². The van der Waals surface area contributed by atoms with E-state index in [-0.39, 0.29) is 5.91 Å². The standard InChI is InChI=1S/C21H22N4O3/c1-15-22-20(23-28-15)16-3-7-18(8-4-16)24-11-13-25(14-12-24)21(26)17-5-9-19(27-2)10-6-17/h3-10H,11-14H2,1-2H3. The molecule has 1 amide bonds. The molecule has 7 nitrogen and oxygen atoms in total. The fourth-order valence-corrected chi connectivity index (χ4v) is 3.32. The molecule has 28 heavy (non-hydrogen) atoms. The van der Waals surface area contributed by atoms with Crippen LogP contribution in [-0.2, 0) is 0 Å². The minimum absolute atomic E-state index is 0.0603. The summed E-state index contributed by atoms with van der Waals surface area (Å²) in [5.41, 5.74) is 2.74. The summed E-state index contributed by atoms with van der Waals surface area (Å²) in [5.74, 6) is 1.96. The van der Waals surface area contributed by atoms with Gasteiger partial charge in [-0.15, -0.1) is 0 Å². The summed E-state index contributed by atoms with van der Waals surface area (Å²) in [4.78, 5) is 21.1. The maximum Gasteiger partial charge on any atom is 0.253 e. The Hall–Kier alpha value is -3.35. The Kier molecular flexibility index (Phi) is 4.97. The molecule has 1 fully saturated rings. The van der Waals surface area contributed by atoms with Crippen LogP contribution in [0.5, 0.6) is 5.75 Å². The van der Waals surface area contributed by atoms with Crippen LogP contribution < -0.4 is 9.64 Å². The first-order valence-electron chi connectivity index (χ1n) is 9.23. The van der Waals surface area contributed by atoms with E-state index in [0.717, 1.165) is 30.1 Å². The number of nitrogens with zero attached hydrogens (tertiary/aromatic N) is 4. The molecule has 0 unspecified atom stereocenters. The average molecular weight is 378 g/mol. The molecule has 0 aliphatic carbocycles. The SMILES string of the molecule is COc1ccc(C(=O)N2CCN(c3ccc(-c4noc(C)n4)cc3)CC2)cc1. The molecule has 0 N–H and O–H groups in total. The van der Waals surface area contributed by atoms with Crippen molar-refractivity contribution in [1.82, 2.24) is 15.0 Å². The van der Waals surface area contributed by atoms with E-state index in [1.807, 2.05) is 41.3 Å². The highest BCUT2D eigenvalue weighted by Crippen LogP contribution is 2.23. The molecule has 0 atom stereocenters. The zero-order chi connectivity index (χ0) is 19.5. The van der Waals surface area contributed by atoms with E-state index in [2.05, 4.69) is 27.2 Å². The fraction of sp³-hybridized carbons (Fsp3) is 0.286. The molecule has 3 aromatic rings. The first kappa shape index (κ1) is 18.0. The lowest BCUT2D eigenvalue weighted by Gasteiger charge is -2.36. The third-order valence-corrected chi connectivity index (χ3v) is 4.92. The smallest absolute Gasteiger partial charge is 0.253 e. The van der Waals surface area contributed by atoms with Crippen LogP contribution in [0.15, 0.2) is 53.1 Å². The van der Waals surface area contributed by atoms with Crippen LogP contribution in [0, 0.1) is 6.92 Å². The van der Waals surface area contributed by atoms with Crippen molar-refractivity contribution in [2.75, 3.05) is 38.2 Å². The second kappa shape index (κ2) is 7.72. The number of methoxy groups -OCH3 is 1. The molecule has 0 saturated carbocycles. The quantitative estimate of drug-likeness (QED) is 0.695. The minimum Gasteiger partial charge on any atom is -0.497 e. The predicted molar refractivity (Wildman–Crippen MR) is 106 cm³/mol. The highest BCUT2D eigenvalue weighted by atomic mass is 16.5. The van der Waals surface area contributed by atoms with Crippen LogP contribution in [0.4, 0.5) is 5.69 Å². The van der Waals surface area contributed by atoms with Crippen LogP contribution in [-0.4, -0.2) is 54.2 Å². The van der Waals surface area contributed by atoms with Crippen LogP contribution in [0.25, 0.3) is 11.4 Å². The van der Waals surface area contributed by atoms with Crippen molar-refractivity contribution in [3.05, 3.63) is 60.0 Å². The van der Waals surface area contributed by atoms with Gasteiger partial charge in [-0.25, -0.2) is 0 Å². The van der Waals surface area contributed by atoms with E-state index >= 15 is 0 Å². The average Bonchev–Trinajstić information content (AvgIpc) is 3.20. The molecule has 2 heterocycles. The van der Waals surface area contributed by atoms with E-state index in [4.69, 9.17) is 9.26 Å². The summed E-state index contributed by atoms with van der Waals surface area (Å²) in [6.07, 6.45) is 0. The number of piperazine rings is 1. The molecule has 2 aromatic carbocycles. The summed E-state index contributed by atoms with van der Waals surface area (Å²) >= 11 is 0. The number of hydrogen-bond acceptors (Lipinski definition) is 6. The Morgan fingerprint density at radius 3 is 2.25 bits per heavy atom. The molecule has 0 bridgehead atoms. The Balaban J connectivity index is 1.37. The van der Waals surface area contributed by atoms with E-state index < -0.39 is 0 Å². The number of aryl methyl sites for hydroxylation is 1. The molecule has 1 aliphatic rings. The van der Waals surface area contributed by atoms with Crippen molar-refractivity contribution < 1.29 is 14.1 Å². The molecule has 1 aromatic heterocycles. The molecule has 0 spiro atoms. The van der Waals surface area contributed by atoms with Gasteiger partial charge < -0.3 is 19.1 Å². The summed E-state index contributed by atoms with van der Waals surface area (Å²) < 4.78 is 10.2. The largest absolute Gasteiger partial charge is 0.497 e. The Bertz CT molecular complexity index is 943. The lowest BCUT2D eigenvalue weighted by atomic mass is 10.1. The summed E-state index contributed by atoms with van der Waals surface area (Å²) in [7, 11) is 1.62. The highest BCUT2D eigenvalue weighted by Gasteiger charge is 2.22. The van der Waals surface area contributed by atoms with Gasteiger partial charge in [0.1, 0.15) is 5.75 Å². The molecule has 144 valence electrons. The van der Waals surface area contributed by atoms with Crippen molar-refractivity contribution in [3.8, 4) is 17.1 Å². The first-order chi connectivity index (χ1) is 13.6. The lowest BCUT2D eigenvalue weighted by Crippen LogP contribution is -2.48. The molecule has 1 aliphatic heterocycles. The van der Waals surface area contributed by atoms with Crippen molar-refractivity contribution in [3.63, 3.8) is 0 Å². The first-order valence-corrected chi connectivity index (χ1v) is 9.23. The van der Waals surface area contributed by atoms with Crippen LogP contribution in [0.2, 0.25) is 0 Å². The number of hydrogen-bond donors (Lipinski definition) is 0. The third-order valence-electron chi connectivity index (χ3n) is 4.92. The molecular formula is C21H22N4O3. The zero-order valence-electron chi connectivity index (χ0n) is 16.0. The number of aromatic nitrogens is 2. The summed E-state index contributed by atoms with van der Waals surface area (Å²) in [6.45, 7) is 4.75. The highest BCUT2D eigenvalue weighted by molar-refractivity contribution is 5.94. The summed E-state index contributed by atoms with van der Waals surface area (Å²) in [5, 5.41) is 3.95. The topological polar surface area (TPSA) is 71.7 Å². The van der Waals surface area contributed by atoms with Gasteiger partial charge in [0, 0.05) is 49.9 Å². The Labute approximate surface area is 163 Å². The predicted octanol–water partition coefficient (Wildman–Crippen LogP) is 3.02. The normalized spacial score (nSPS) is 14.2. The number of carbonyl (C=O) groups excluding carboxylic acids is 1. The lowest BCUT2D eigenvalue weighted by molar-refractivity contribution is 0.0747. The fourth-order valence-electron chi connectivity index (χ4n) is 3.32. The molecule has 1 saturated heterocycles. The van der Waals surface area contributed by atoms with Crippen LogP contribution >= 0.6 is 0 Å². The number of anilines is 1. The number of rotatable bonds is 4. The number of benzene rings is 2. The molecule has 0 radical (unpaired) electrons. The van der Waals surface area contributed by atoms with Gasteiger partial charge in [0.15, 0.2) is 0 Å². The third kappa shape index (κ3) is 3.69. The van der Waals surface area contributed by atoms with Gasteiger partial charge in [0.2, 0.25) is 11.7 Å². The van der Waals surface area contributed by atoms with E-state index in [1.54, 1.807) is 14.0 Å². The van der Waals surface area contributed by atoms with Crippen LogP contribution in [0.1, 0.15) is 16.2 Å².